The van der Waals surface area contributed by atoms with Crippen molar-refractivity contribution in [1.82, 2.24) is 4.57 Å². The first-order chi connectivity index (χ1) is 14.2. The molecule has 2 aromatic carbocycles. The van der Waals surface area contributed by atoms with E-state index in [9.17, 15) is 4.79 Å². The maximum Gasteiger partial charge on any atom is 0.297 e. The number of aryl methyl sites for hydroxylation is 1. The zero-order valence-corrected chi connectivity index (χ0v) is 17.5. The second-order valence-corrected chi connectivity index (χ2v) is 7.17. The molecule has 0 unspecified atom stereocenters. The second kappa shape index (κ2) is 10.0. The van der Waals surface area contributed by atoms with Gasteiger partial charge in [-0.1, -0.05) is 62.6 Å². The van der Waals surface area contributed by atoms with Crippen molar-refractivity contribution in [3.8, 4) is 11.5 Å². The topological polar surface area (TPSA) is 52.5 Å². The van der Waals surface area contributed by atoms with Crippen LogP contribution >= 0.6 is 0 Å². The van der Waals surface area contributed by atoms with Crippen LogP contribution in [0.15, 0.2) is 53.3 Å². The molecule has 5 heteroatoms. The van der Waals surface area contributed by atoms with Gasteiger partial charge in [0.05, 0.1) is 24.6 Å². The summed E-state index contributed by atoms with van der Waals surface area (Å²) in [6.45, 7) is 3.43. The molecule has 29 heavy (non-hydrogen) atoms. The van der Waals surface area contributed by atoms with Crippen LogP contribution in [0, 0.1) is 0 Å². The average molecular weight is 395 g/mol. The summed E-state index contributed by atoms with van der Waals surface area (Å²) < 4.78 is 13.2. The minimum atomic E-state index is -0.191. The van der Waals surface area contributed by atoms with Gasteiger partial charge in [0.25, 0.3) is 5.56 Å². The molecular formula is C24H30N2O3. The highest BCUT2D eigenvalue weighted by atomic mass is 16.5. The fourth-order valence-electron chi connectivity index (χ4n) is 3.49. The molecule has 0 atom stereocenters. The standard InChI is InChI=1S/C24H30N2O3/c1-4-5-6-10-16-29-22-21-19(25-17-18-12-8-7-9-13-18)14-11-15-20(21)26(2)24(27)23(22)28-3/h7-9,11-15,25H,4-6,10,16-17H2,1-3H3. The highest BCUT2D eigenvalue weighted by molar-refractivity contribution is 5.98. The molecule has 0 bridgehead atoms. The molecule has 0 aliphatic rings. The monoisotopic (exact) mass is 394 g/mol. The normalized spacial score (nSPS) is 10.9. The third-order valence-electron chi connectivity index (χ3n) is 5.11. The van der Waals surface area contributed by atoms with Crippen LogP contribution < -0.4 is 20.3 Å². The maximum absolute atomic E-state index is 12.8. The first kappa shape index (κ1) is 20.8. The third kappa shape index (κ3) is 4.73. The van der Waals surface area contributed by atoms with E-state index in [4.69, 9.17) is 9.47 Å². The number of ether oxygens (including phenoxy) is 2. The molecule has 3 aromatic rings. The van der Waals surface area contributed by atoms with Gasteiger partial charge in [-0.15, -0.1) is 0 Å². The Kier molecular flexibility index (Phi) is 7.17. The summed E-state index contributed by atoms with van der Waals surface area (Å²) in [6.07, 6.45) is 4.42. The molecular weight excluding hydrogens is 364 g/mol. The molecule has 1 aromatic heterocycles. The number of anilines is 1. The lowest BCUT2D eigenvalue weighted by Crippen LogP contribution is -2.21. The van der Waals surface area contributed by atoms with Gasteiger partial charge in [0.2, 0.25) is 5.75 Å². The molecule has 0 saturated heterocycles. The Labute approximate surface area is 172 Å². The quantitative estimate of drug-likeness (QED) is 0.485. The lowest BCUT2D eigenvalue weighted by Gasteiger charge is -2.18. The van der Waals surface area contributed by atoms with Gasteiger partial charge in [-0.05, 0) is 24.1 Å². The summed E-state index contributed by atoms with van der Waals surface area (Å²) in [7, 11) is 3.28. The number of unbranched alkanes of at least 4 members (excludes halogenated alkanes) is 3. The lowest BCUT2D eigenvalue weighted by atomic mass is 10.1. The average Bonchev–Trinajstić information content (AvgIpc) is 2.76. The van der Waals surface area contributed by atoms with Crippen molar-refractivity contribution in [3.05, 3.63) is 64.4 Å². The molecule has 0 spiro atoms. The molecule has 0 radical (unpaired) electrons. The van der Waals surface area contributed by atoms with E-state index in [0.717, 1.165) is 29.4 Å². The first-order valence-electron chi connectivity index (χ1n) is 10.3. The molecule has 0 aliphatic carbocycles. The largest absolute Gasteiger partial charge is 0.489 e. The van der Waals surface area contributed by atoms with Crippen molar-refractivity contribution < 1.29 is 9.47 Å². The Bertz CT molecular complexity index is 996. The van der Waals surface area contributed by atoms with Gasteiger partial charge < -0.3 is 19.4 Å². The van der Waals surface area contributed by atoms with Crippen LogP contribution in [0.2, 0.25) is 0 Å². The van der Waals surface area contributed by atoms with Crippen molar-refractivity contribution in [2.45, 2.75) is 39.2 Å². The van der Waals surface area contributed by atoms with Gasteiger partial charge in [0.1, 0.15) is 0 Å². The highest BCUT2D eigenvalue weighted by Crippen LogP contribution is 2.37. The van der Waals surface area contributed by atoms with Crippen molar-refractivity contribution in [1.29, 1.82) is 0 Å². The molecule has 0 aliphatic heterocycles. The predicted molar refractivity (Wildman–Crippen MR) is 119 cm³/mol. The smallest absolute Gasteiger partial charge is 0.297 e. The van der Waals surface area contributed by atoms with Crippen LogP contribution in [0.4, 0.5) is 5.69 Å². The Balaban J connectivity index is 2.00. The summed E-state index contributed by atoms with van der Waals surface area (Å²) in [5, 5.41) is 4.38. The van der Waals surface area contributed by atoms with E-state index >= 15 is 0 Å². The minimum Gasteiger partial charge on any atom is -0.489 e. The molecule has 3 rings (SSSR count). The van der Waals surface area contributed by atoms with Gasteiger partial charge in [0.15, 0.2) is 5.75 Å². The Morgan fingerprint density at radius 3 is 2.48 bits per heavy atom. The Morgan fingerprint density at radius 1 is 0.966 bits per heavy atom. The number of benzene rings is 2. The minimum absolute atomic E-state index is 0.191. The first-order valence-corrected chi connectivity index (χ1v) is 10.3. The number of fused-ring (bicyclic) bond motifs is 1. The van der Waals surface area contributed by atoms with Gasteiger partial charge in [-0.2, -0.15) is 0 Å². The van der Waals surface area contributed by atoms with E-state index < -0.39 is 0 Å². The van der Waals surface area contributed by atoms with Gasteiger partial charge in [-0.3, -0.25) is 4.79 Å². The van der Waals surface area contributed by atoms with Crippen molar-refractivity contribution in [2.75, 3.05) is 19.0 Å². The number of nitrogens with one attached hydrogen (secondary N) is 1. The number of rotatable bonds is 10. The summed E-state index contributed by atoms with van der Waals surface area (Å²) in [4.78, 5) is 12.8. The van der Waals surface area contributed by atoms with Crippen molar-refractivity contribution in [2.24, 2.45) is 7.05 Å². The highest BCUT2D eigenvalue weighted by Gasteiger charge is 2.20. The molecule has 0 amide bonds. The SMILES string of the molecule is CCCCCCOc1c(OC)c(=O)n(C)c2cccc(NCc3ccccc3)c12. The van der Waals surface area contributed by atoms with E-state index in [2.05, 4.69) is 24.4 Å². The maximum atomic E-state index is 12.8. The number of methoxy groups -OCH3 is 1. The van der Waals surface area contributed by atoms with Crippen molar-refractivity contribution >= 4 is 16.6 Å². The van der Waals surface area contributed by atoms with Crippen molar-refractivity contribution in [3.63, 3.8) is 0 Å². The van der Waals surface area contributed by atoms with Gasteiger partial charge >= 0.3 is 0 Å². The second-order valence-electron chi connectivity index (χ2n) is 7.17. The van der Waals surface area contributed by atoms with E-state index in [1.54, 1.807) is 11.6 Å². The van der Waals surface area contributed by atoms with Crippen LogP contribution in [-0.4, -0.2) is 18.3 Å². The summed E-state index contributed by atoms with van der Waals surface area (Å²) in [5.41, 5.74) is 2.73. The van der Waals surface area contributed by atoms with Crippen LogP contribution in [0.3, 0.4) is 0 Å². The molecule has 1 heterocycles. The molecule has 0 fully saturated rings. The number of hydrogen-bond acceptors (Lipinski definition) is 4. The van der Waals surface area contributed by atoms with E-state index in [-0.39, 0.29) is 11.3 Å². The van der Waals surface area contributed by atoms with Crippen LogP contribution in [0.1, 0.15) is 38.2 Å². The number of hydrogen-bond donors (Lipinski definition) is 1. The van der Waals surface area contributed by atoms with Crippen LogP contribution in [0.25, 0.3) is 10.9 Å². The number of pyridine rings is 1. The third-order valence-corrected chi connectivity index (χ3v) is 5.11. The van der Waals surface area contributed by atoms with Gasteiger partial charge in [0, 0.05) is 19.3 Å². The molecule has 0 saturated carbocycles. The summed E-state index contributed by atoms with van der Waals surface area (Å²) >= 11 is 0. The fraction of sp³-hybridized carbons (Fsp3) is 0.375. The van der Waals surface area contributed by atoms with E-state index in [1.165, 1.54) is 25.5 Å². The van der Waals surface area contributed by atoms with Gasteiger partial charge in [-0.25, -0.2) is 0 Å². The van der Waals surface area contributed by atoms with Crippen LogP contribution in [-0.2, 0) is 13.6 Å². The zero-order chi connectivity index (χ0) is 20.6. The van der Waals surface area contributed by atoms with E-state index in [0.29, 0.717) is 18.9 Å². The molecule has 5 nitrogen and oxygen atoms in total. The molecule has 1 N–H and O–H groups in total. The summed E-state index contributed by atoms with van der Waals surface area (Å²) in [5.74, 6) is 0.780. The Morgan fingerprint density at radius 2 is 1.76 bits per heavy atom. The Hall–Kier alpha value is -2.95. The van der Waals surface area contributed by atoms with E-state index in [1.807, 2.05) is 36.4 Å². The summed E-state index contributed by atoms with van der Waals surface area (Å²) in [6, 6.07) is 16.1. The predicted octanol–water partition coefficient (Wildman–Crippen LogP) is 5.12. The lowest BCUT2D eigenvalue weighted by molar-refractivity contribution is 0.286. The van der Waals surface area contributed by atoms with Crippen LogP contribution in [0.5, 0.6) is 11.5 Å². The number of aromatic nitrogens is 1. The molecule has 154 valence electrons. The fourth-order valence-corrected chi connectivity index (χ4v) is 3.49. The number of nitrogens with zero attached hydrogens (tertiary/aromatic N) is 1. The zero-order valence-electron chi connectivity index (χ0n) is 17.5.